The minimum absolute atomic E-state index is 0.0840. The highest BCUT2D eigenvalue weighted by Crippen LogP contribution is 2.31. The van der Waals surface area contributed by atoms with Gasteiger partial charge in [-0.1, -0.05) is 0 Å². The summed E-state index contributed by atoms with van der Waals surface area (Å²) in [6.45, 7) is 15.0. The van der Waals surface area contributed by atoms with Gasteiger partial charge in [-0.05, 0) is 72.2 Å². The van der Waals surface area contributed by atoms with Crippen LogP contribution in [-0.4, -0.2) is 52.4 Å². The average Bonchev–Trinajstić information content (AvgIpc) is 2.76. The van der Waals surface area contributed by atoms with Gasteiger partial charge in [-0.2, -0.15) is 13.2 Å². The van der Waals surface area contributed by atoms with Crippen molar-refractivity contribution >= 4 is 5.82 Å². The van der Waals surface area contributed by atoms with E-state index in [0.717, 1.165) is 31.8 Å². The van der Waals surface area contributed by atoms with Crippen LogP contribution < -0.4 is 20.9 Å². The molecule has 1 saturated heterocycles. The number of anilines is 1. The molecule has 0 bridgehead atoms. The lowest BCUT2D eigenvalue weighted by atomic mass is 10.0. The molecular formula is C26H37F3N4O3. The Bertz CT molecular complexity index is 1140. The van der Waals surface area contributed by atoms with Crippen LogP contribution >= 0.6 is 0 Å². The molecule has 0 N–H and O–H groups in total. The fraction of sp³-hybridized carbons (Fsp3) is 0.615. The number of ether oxygens (including phenoxy) is 1. The first kappa shape index (κ1) is 27.8. The van der Waals surface area contributed by atoms with Crippen LogP contribution in [0.2, 0.25) is 0 Å². The quantitative estimate of drug-likeness (QED) is 0.521. The second kappa shape index (κ2) is 10.7. The summed E-state index contributed by atoms with van der Waals surface area (Å²) in [5, 5.41) is 0. The van der Waals surface area contributed by atoms with Gasteiger partial charge in [0.05, 0.1) is 5.56 Å². The Balaban J connectivity index is 1.61. The Morgan fingerprint density at radius 3 is 1.94 bits per heavy atom. The molecule has 0 spiro atoms. The molecule has 0 aliphatic carbocycles. The van der Waals surface area contributed by atoms with Crippen LogP contribution in [0, 0.1) is 0 Å². The van der Waals surface area contributed by atoms with Gasteiger partial charge in [0.1, 0.15) is 17.2 Å². The average molecular weight is 511 g/mol. The van der Waals surface area contributed by atoms with Gasteiger partial charge in [-0.25, -0.2) is 4.79 Å². The molecular weight excluding hydrogens is 473 g/mol. The predicted octanol–water partition coefficient (Wildman–Crippen LogP) is 4.56. The Hall–Kier alpha value is -2.75. The number of aromatic nitrogens is 2. The van der Waals surface area contributed by atoms with Gasteiger partial charge in [0.25, 0.3) is 5.56 Å². The number of alkyl halides is 3. The van der Waals surface area contributed by atoms with Crippen LogP contribution in [0.4, 0.5) is 19.0 Å². The second-order valence-corrected chi connectivity index (χ2v) is 10.5. The van der Waals surface area contributed by atoms with E-state index in [4.69, 9.17) is 4.74 Å². The minimum Gasteiger partial charge on any atom is -0.488 e. The van der Waals surface area contributed by atoms with Gasteiger partial charge in [0, 0.05) is 50.9 Å². The lowest BCUT2D eigenvalue weighted by Gasteiger charge is -2.38. The van der Waals surface area contributed by atoms with Crippen LogP contribution in [0.25, 0.3) is 0 Å². The number of hydrogen-bond donors (Lipinski definition) is 0. The summed E-state index contributed by atoms with van der Waals surface area (Å²) < 4.78 is 47.3. The molecule has 200 valence electrons. The topological polar surface area (TPSA) is 59.7 Å². The highest BCUT2D eigenvalue weighted by molar-refractivity contribution is 5.40. The summed E-state index contributed by atoms with van der Waals surface area (Å²) in [5.41, 5.74) is -1.83. The van der Waals surface area contributed by atoms with E-state index in [-0.39, 0.29) is 23.3 Å². The molecule has 2 heterocycles. The van der Waals surface area contributed by atoms with E-state index in [1.165, 1.54) is 16.7 Å². The van der Waals surface area contributed by atoms with Crippen LogP contribution in [0.5, 0.6) is 5.75 Å². The summed E-state index contributed by atoms with van der Waals surface area (Å²) in [4.78, 5) is 30.1. The SMILES string of the molecule is CC(C)n1c(N2CCN(CCC(C)(C)Oc3ccc(C(F)(F)F)cc3)CC2)cc(=O)n(C(C)C)c1=O. The molecule has 0 radical (unpaired) electrons. The summed E-state index contributed by atoms with van der Waals surface area (Å²) in [5.74, 6) is 1.06. The zero-order valence-electron chi connectivity index (χ0n) is 21.9. The van der Waals surface area contributed by atoms with E-state index in [1.807, 2.05) is 41.5 Å². The minimum atomic E-state index is -4.37. The van der Waals surface area contributed by atoms with Gasteiger partial charge in [0.15, 0.2) is 0 Å². The van der Waals surface area contributed by atoms with Crippen LogP contribution in [0.3, 0.4) is 0 Å². The summed E-state index contributed by atoms with van der Waals surface area (Å²) in [6, 6.07) is 6.03. The van der Waals surface area contributed by atoms with E-state index in [0.29, 0.717) is 31.1 Å². The van der Waals surface area contributed by atoms with Gasteiger partial charge in [-0.15, -0.1) is 0 Å². The maximum Gasteiger partial charge on any atom is 0.416 e. The molecule has 7 nitrogen and oxygen atoms in total. The van der Waals surface area contributed by atoms with E-state index in [2.05, 4.69) is 9.80 Å². The van der Waals surface area contributed by atoms with E-state index in [1.54, 1.807) is 10.6 Å². The molecule has 1 aliphatic rings. The largest absolute Gasteiger partial charge is 0.488 e. The number of halogens is 3. The zero-order valence-corrected chi connectivity index (χ0v) is 21.9. The Morgan fingerprint density at radius 2 is 1.44 bits per heavy atom. The molecule has 0 saturated carbocycles. The maximum absolute atomic E-state index is 13.1. The Labute approximate surface area is 210 Å². The second-order valence-electron chi connectivity index (χ2n) is 10.5. The van der Waals surface area contributed by atoms with E-state index in [9.17, 15) is 22.8 Å². The first-order valence-electron chi connectivity index (χ1n) is 12.4. The fourth-order valence-electron chi connectivity index (χ4n) is 4.47. The van der Waals surface area contributed by atoms with Crippen molar-refractivity contribution in [3.05, 3.63) is 56.7 Å². The van der Waals surface area contributed by atoms with Gasteiger partial charge < -0.3 is 9.64 Å². The normalized spacial score (nSPS) is 15.7. The summed E-state index contributed by atoms with van der Waals surface area (Å²) in [7, 11) is 0. The third kappa shape index (κ3) is 6.52. The molecule has 0 amide bonds. The van der Waals surface area contributed by atoms with E-state index >= 15 is 0 Å². The molecule has 1 aromatic carbocycles. The van der Waals surface area contributed by atoms with Crippen molar-refractivity contribution < 1.29 is 17.9 Å². The van der Waals surface area contributed by atoms with Gasteiger partial charge in [-0.3, -0.25) is 18.8 Å². The van der Waals surface area contributed by atoms with Gasteiger partial charge >= 0.3 is 11.9 Å². The van der Waals surface area contributed by atoms with Crippen LogP contribution in [-0.2, 0) is 6.18 Å². The molecule has 3 rings (SSSR count). The molecule has 36 heavy (non-hydrogen) atoms. The van der Waals surface area contributed by atoms with Crippen molar-refractivity contribution in [2.75, 3.05) is 37.6 Å². The predicted molar refractivity (Wildman–Crippen MR) is 135 cm³/mol. The summed E-state index contributed by atoms with van der Waals surface area (Å²) >= 11 is 0. The maximum atomic E-state index is 13.1. The van der Waals surface area contributed by atoms with Crippen molar-refractivity contribution in [1.29, 1.82) is 0 Å². The lowest BCUT2D eigenvalue weighted by molar-refractivity contribution is -0.137. The monoisotopic (exact) mass is 510 g/mol. The van der Waals surface area contributed by atoms with Crippen LogP contribution in [0.1, 0.15) is 65.6 Å². The third-order valence-electron chi connectivity index (χ3n) is 6.48. The molecule has 10 heteroatoms. The molecule has 2 aromatic rings. The smallest absolute Gasteiger partial charge is 0.416 e. The van der Waals surface area contributed by atoms with Crippen molar-refractivity contribution in [3.8, 4) is 5.75 Å². The summed E-state index contributed by atoms with van der Waals surface area (Å²) in [6.07, 6.45) is -3.68. The molecule has 0 unspecified atom stereocenters. The lowest BCUT2D eigenvalue weighted by Crippen LogP contribution is -2.51. The van der Waals surface area contributed by atoms with Crippen molar-refractivity contribution in [2.45, 2.75) is 71.8 Å². The number of nitrogens with zero attached hydrogens (tertiary/aromatic N) is 4. The molecule has 1 aliphatic heterocycles. The molecule has 1 fully saturated rings. The zero-order chi connectivity index (χ0) is 26.8. The van der Waals surface area contributed by atoms with Crippen molar-refractivity contribution in [1.82, 2.24) is 14.0 Å². The number of benzene rings is 1. The van der Waals surface area contributed by atoms with Gasteiger partial charge in [0.2, 0.25) is 0 Å². The number of rotatable bonds is 8. The standard InChI is InChI=1S/C26H37F3N4O3/c1-18(2)32-22(17-23(34)33(19(3)4)24(32)35)31-15-13-30(14-16-31)12-11-25(5,6)36-21-9-7-20(8-10-21)26(27,28)29/h7-10,17-19H,11-16H2,1-6H3. The number of piperazine rings is 1. The highest BCUT2D eigenvalue weighted by Gasteiger charge is 2.31. The third-order valence-corrected chi connectivity index (χ3v) is 6.48. The molecule has 0 atom stereocenters. The number of hydrogen-bond acceptors (Lipinski definition) is 5. The van der Waals surface area contributed by atoms with Crippen molar-refractivity contribution in [3.63, 3.8) is 0 Å². The molecule has 1 aromatic heterocycles. The Morgan fingerprint density at radius 1 is 0.889 bits per heavy atom. The first-order chi connectivity index (χ1) is 16.7. The fourth-order valence-corrected chi connectivity index (χ4v) is 4.47. The van der Waals surface area contributed by atoms with E-state index < -0.39 is 17.3 Å². The van der Waals surface area contributed by atoms with Crippen LogP contribution in [0.15, 0.2) is 39.9 Å². The first-order valence-corrected chi connectivity index (χ1v) is 12.4. The highest BCUT2D eigenvalue weighted by atomic mass is 19.4. The Kier molecular flexibility index (Phi) is 8.27. The van der Waals surface area contributed by atoms with Crippen molar-refractivity contribution in [2.24, 2.45) is 0 Å².